The van der Waals surface area contributed by atoms with Crippen molar-refractivity contribution in [2.75, 3.05) is 6.61 Å². The lowest BCUT2D eigenvalue weighted by Crippen LogP contribution is -2.60. The summed E-state index contributed by atoms with van der Waals surface area (Å²) in [5.41, 5.74) is 3.92. The van der Waals surface area contributed by atoms with Gasteiger partial charge in [0.15, 0.2) is 0 Å². The Balaban J connectivity index is 2.61. The number of ether oxygens (including phenoxy) is 2. The molecule has 1 saturated carbocycles. The summed E-state index contributed by atoms with van der Waals surface area (Å²) in [6.45, 7) is 7.46. The van der Waals surface area contributed by atoms with Gasteiger partial charge in [0.1, 0.15) is 11.1 Å². The third-order valence-electron chi connectivity index (χ3n) is 3.18. The quantitative estimate of drug-likeness (QED) is 0.612. The molecule has 0 radical (unpaired) electrons. The minimum Gasteiger partial charge on any atom is -0.465 e. The van der Waals surface area contributed by atoms with E-state index in [9.17, 15) is 9.59 Å². The molecule has 0 atom stereocenters. The van der Waals surface area contributed by atoms with Gasteiger partial charge in [-0.05, 0) is 40.5 Å². The van der Waals surface area contributed by atoms with Crippen molar-refractivity contribution < 1.29 is 19.1 Å². The first-order chi connectivity index (χ1) is 9.29. The number of amides is 1. The summed E-state index contributed by atoms with van der Waals surface area (Å²) in [4.78, 5) is 23.8. The number of carbonyl (C=O) groups excluding carboxylic acids is 2. The molecule has 0 aromatic carbocycles. The molecule has 0 aromatic rings. The van der Waals surface area contributed by atoms with Gasteiger partial charge in [0.25, 0.3) is 0 Å². The van der Waals surface area contributed by atoms with E-state index in [1.807, 2.05) is 0 Å². The summed E-state index contributed by atoms with van der Waals surface area (Å²) in [7, 11) is 0. The molecule has 6 heteroatoms. The van der Waals surface area contributed by atoms with Crippen LogP contribution in [0.4, 0.5) is 4.79 Å². The molecule has 20 heavy (non-hydrogen) atoms. The predicted molar refractivity (Wildman–Crippen MR) is 75.0 cm³/mol. The van der Waals surface area contributed by atoms with Crippen LogP contribution in [0.15, 0.2) is 0 Å². The van der Waals surface area contributed by atoms with Crippen molar-refractivity contribution in [3.05, 3.63) is 0 Å². The first-order valence-electron chi connectivity index (χ1n) is 7.22. The molecule has 0 saturated heterocycles. The molecule has 1 aliphatic rings. The maximum Gasteiger partial charge on any atom is 0.422 e. The monoisotopic (exact) mass is 286 g/mol. The summed E-state index contributed by atoms with van der Waals surface area (Å²) < 4.78 is 10.3. The molecule has 0 spiro atoms. The molecule has 0 aromatic heterocycles. The summed E-state index contributed by atoms with van der Waals surface area (Å²) in [5.74, 6) is -0.309. The minimum atomic E-state index is -0.828. The zero-order valence-electron chi connectivity index (χ0n) is 12.9. The number of nitrogens with one attached hydrogen (secondary N) is 2. The standard InChI is InChI=1S/C14H26N2O4/c1-5-19-11(17)14(9-7-6-8-10-14)16-15-12(18)20-13(2,3)4/h16H,5-10H2,1-4H3,(H,15,18). The number of hydrazine groups is 1. The maximum absolute atomic E-state index is 12.1. The Morgan fingerprint density at radius 2 is 1.75 bits per heavy atom. The third kappa shape index (κ3) is 5.00. The minimum absolute atomic E-state index is 0.309. The Bertz CT molecular complexity index is 344. The van der Waals surface area contributed by atoms with Crippen LogP contribution in [0.1, 0.15) is 59.8 Å². The van der Waals surface area contributed by atoms with Crippen molar-refractivity contribution in [2.24, 2.45) is 0 Å². The second kappa shape index (κ2) is 6.92. The van der Waals surface area contributed by atoms with Crippen molar-refractivity contribution >= 4 is 12.1 Å². The summed E-state index contributed by atoms with van der Waals surface area (Å²) in [5, 5.41) is 0. The highest BCUT2D eigenvalue weighted by atomic mass is 16.6. The van der Waals surface area contributed by atoms with E-state index in [2.05, 4.69) is 10.9 Å². The number of hydrogen-bond acceptors (Lipinski definition) is 5. The topological polar surface area (TPSA) is 76.7 Å². The Morgan fingerprint density at radius 3 is 2.25 bits per heavy atom. The zero-order chi connectivity index (χ0) is 15.2. The van der Waals surface area contributed by atoms with E-state index in [1.54, 1.807) is 27.7 Å². The summed E-state index contributed by atoms with van der Waals surface area (Å²) in [6, 6.07) is 0. The van der Waals surface area contributed by atoms with Gasteiger partial charge >= 0.3 is 12.1 Å². The molecular weight excluding hydrogens is 260 g/mol. The van der Waals surface area contributed by atoms with Gasteiger partial charge in [-0.2, -0.15) is 0 Å². The maximum atomic E-state index is 12.1. The number of rotatable bonds is 4. The molecule has 0 heterocycles. The van der Waals surface area contributed by atoms with E-state index in [4.69, 9.17) is 9.47 Å². The number of hydrogen-bond donors (Lipinski definition) is 2. The van der Waals surface area contributed by atoms with Crippen molar-refractivity contribution in [3.63, 3.8) is 0 Å². The molecule has 0 bridgehead atoms. The van der Waals surface area contributed by atoms with Gasteiger partial charge in [0.05, 0.1) is 6.61 Å². The molecule has 1 rings (SSSR count). The lowest BCUT2D eigenvalue weighted by atomic mass is 9.82. The van der Waals surface area contributed by atoms with Gasteiger partial charge < -0.3 is 9.47 Å². The van der Waals surface area contributed by atoms with Crippen LogP contribution in [0.2, 0.25) is 0 Å². The average Bonchev–Trinajstić information content (AvgIpc) is 2.36. The summed E-state index contributed by atoms with van der Waals surface area (Å²) in [6.07, 6.45) is 3.68. The van der Waals surface area contributed by atoms with Gasteiger partial charge in [-0.25, -0.2) is 15.0 Å². The van der Waals surface area contributed by atoms with Crippen LogP contribution in [0.5, 0.6) is 0 Å². The van der Waals surface area contributed by atoms with Gasteiger partial charge in [0.2, 0.25) is 0 Å². The Kier molecular flexibility index (Phi) is 5.80. The fourth-order valence-corrected chi connectivity index (χ4v) is 2.28. The SMILES string of the molecule is CCOC(=O)C1(NNC(=O)OC(C)(C)C)CCCCC1. The summed E-state index contributed by atoms with van der Waals surface area (Å²) >= 11 is 0. The third-order valence-corrected chi connectivity index (χ3v) is 3.18. The van der Waals surface area contributed by atoms with Crippen LogP contribution in [0.25, 0.3) is 0 Å². The van der Waals surface area contributed by atoms with Crippen LogP contribution < -0.4 is 10.9 Å². The zero-order valence-corrected chi connectivity index (χ0v) is 12.9. The van der Waals surface area contributed by atoms with Crippen molar-refractivity contribution in [1.29, 1.82) is 0 Å². The fraction of sp³-hybridized carbons (Fsp3) is 0.857. The average molecular weight is 286 g/mol. The van der Waals surface area contributed by atoms with E-state index < -0.39 is 17.2 Å². The molecule has 0 aliphatic heterocycles. The Hall–Kier alpha value is -1.30. The molecule has 116 valence electrons. The van der Waals surface area contributed by atoms with Crippen LogP contribution in [-0.4, -0.2) is 29.8 Å². The highest BCUT2D eigenvalue weighted by molar-refractivity contribution is 5.81. The van der Waals surface area contributed by atoms with Crippen molar-refractivity contribution in [1.82, 2.24) is 10.9 Å². The van der Waals surface area contributed by atoms with Gasteiger partial charge in [-0.15, -0.1) is 0 Å². The fourth-order valence-electron chi connectivity index (χ4n) is 2.28. The van der Waals surface area contributed by atoms with E-state index in [1.165, 1.54) is 0 Å². The molecule has 0 unspecified atom stereocenters. The van der Waals surface area contributed by atoms with Gasteiger partial charge in [-0.3, -0.25) is 5.43 Å². The van der Waals surface area contributed by atoms with Gasteiger partial charge in [0, 0.05) is 0 Å². The molecule has 1 fully saturated rings. The van der Waals surface area contributed by atoms with Crippen LogP contribution in [0.3, 0.4) is 0 Å². The normalized spacial score (nSPS) is 18.2. The van der Waals surface area contributed by atoms with Crippen molar-refractivity contribution in [3.8, 4) is 0 Å². The van der Waals surface area contributed by atoms with E-state index in [0.29, 0.717) is 19.4 Å². The van der Waals surface area contributed by atoms with Gasteiger partial charge in [-0.1, -0.05) is 19.3 Å². The second-order valence-electron chi connectivity index (χ2n) is 6.12. The molecule has 2 N–H and O–H groups in total. The molecular formula is C14H26N2O4. The van der Waals surface area contributed by atoms with E-state index in [0.717, 1.165) is 19.3 Å². The van der Waals surface area contributed by atoms with Crippen LogP contribution in [0, 0.1) is 0 Å². The lowest BCUT2D eigenvalue weighted by molar-refractivity contribution is -0.153. The smallest absolute Gasteiger partial charge is 0.422 e. The molecule has 1 amide bonds. The first-order valence-corrected chi connectivity index (χ1v) is 7.22. The van der Waals surface area contributed by atoms with Crippen LogP contribution in [-0.2, 0) is 14.3 Å². The van der Waals surface area contributed by atoms with Crippen LogP contribution >= 0.6 is 0 Å². The Labute approximate surface area is 120 Å². The molecule has 1 aliphatic carbocycles. The second-order valence-corrected chi connectivity index (χ2v) is 6.12. The van der Waals surface area contributed by atoms with Crippen molar-refractivity contribution in [2.45, 2.75) is 70.9 Å². The first kappa shape index (κ1) is 16.8. The largest absolute Gasteiger partial charge is 0.465 e. The van der Waals surface area contributed by atoms with E-state index in [-0.39, 0.29) is 5.97 Å². The molecule has 6 nitrogen and oxygen atoms in total. The van der Waals surface area contributed by atoms with E-state index >= 15 is 0 Å². The highest BCUT2D eigenvalue weighted by Gasteiger charge is 2.41. The Morgan fingerprint density at radius 1 is 1.15 bits per heavy atom. The number of carbonyl (C=O) groups is 2. The predicted octanol–water partition coefficient (Wildman–Crippen LogP) is 2.28. The highest BCUT2D eigenvalue weighted by Crippen LogP contribution is 2.29. The lowest BCUT2D eigenvalue weighted by Gasteiger charge is -2.35. The number of esters is 1.